The molecule has 0 spiro atoms. The second-order valence-electron chi connectivity index (χ2n) is 26.5. The Bertz CT molecular complexity index is 1750. The predicted octanol–water partition coefficient (Wildman–Crippen LogP) is 19.8. The number of carbonyl (C=O) groups excluding carboxylic acids is 4. The molecule has 0 aromatic rings. The van der Waals surface area contributed by atoms with Gasteiger partial charge in [0, 0.05) is 25.7 Å². The molecule has 0 aliphatic heterocycles. The number of rotatable bonds is 68. The van der Waals surface area contributed by atoms with E-state index >= 15 is 0 Å². The van der Waals surface area contributed by atoms with E-state index in [-0.39, 0.29) is 25.7 Å². The number of aliphatic hydroxyl groups excluding tert-OH is 1. The van der Waals surface area contributed by atoms with E-state index in [9.17, 15) is 43.2 Å². The van der Waals surface area contributed by atoms with Crippen molar-refractivity contribution in [2.75, 3.05) is 39.6 Å². The molecule has 0 amide bonds. The number of hydrogen-bond acceptors (Lipinski definition) is 15. The van der Waals surface area contributed by atoms with Gasteiger partial charge in [0.1, 0.15) is 19.3 Å². The molecule has 0 bridgehead atoms. The second-order valence-corrected chi connectivity index (χ2v) is 29.4. The van der Waals surface area contributed by atoms with E-state index in [1.807, 2.05) is 0 Å². The fourth-order valence-corrected chi connectivity index (χ4v) is 12.1. The number of aliphatic hydroxyl groups is 1. The number of ether oxygens (including phenoxy) is 4. The van der Waals surface area contributed by atoms with Gasteiger partial charge in [-0.3, -0.25) is 37.3 Å². The van der Waals surface area contributed by atoms with Crippen LogP contribution in [0.15, 0.2) is 0 Å². The lowest BCUT2D eigenvalue weighted by molar-refractivity contribution is -0.161. The Balaban J connectivity index is 5.19. The van der Waals surface area contributed by atoms with Gasteiger partial charge >= 0.3 is 39.5 Å². The molecule has 6 atom stereocenters. The zero-order chi connectivity index (χ0) is 65.9. The summed E-state index contributed by atoms with van der Waals surface area (Å²) in [6, 6.07) is 0. The lowest BCUT2D eigenvalue weighted by atomic mass is 10.00. The minimum atomic E-state index is -4.95. The molecule has 89 heavy (non-hydrogen) atoms. The maximum atomic E-state index is 13.0. The fourth-order valence-electron chi connectivity index (χ4n) is 10.5. The molecule has 17 nitrogen and oxygen atoms in total. The molecule has 0 fully saturated rings. The third-order valence-corrected chi connectivity index (χ3v) is 18.4. The van der Waals surface area contributed by atoms with Gasteiger partial charge in [-0.25, -0.2) is 9.13 Å². The summed E-state index contributed by atoms with van der Waals surface area (Å²) < 4.78 is 68.2. The van der Waals surface area contributed by atoms with Gasteiger partial charge in [0.25, 0.3) is 0 Å². The maximum Gasteiger partial charge on any atom is 0.472 e. The second kappa shape index (κ2) is 61.0. The number of esters is 4. The minimum Gasteiger partial charge on any atom is -0.462 e. The highest BCUT2D eigenvalue weighted by Gasteiger charge is 2.30. The Hall–Kier alpha value is -1.94. The molecule has 0 saturated heterocycles. The molecule has 3 N–H and O–H groups in total. The largest absolute Gasteiger partial charge is 0.472 e. The summed E-state index contributed by atoms with van der Waals surface area (Å²) in [6.07, 6.45) is 44.6. The van der Waals surface area contributed by atoms with Crippen LogP contribution in [0.2, 0.25) is 0 Å². The molecule has 0 aromatic carbocycles. The van der Waals surface area contributed by atoms with E-state index in [0.29, 0.717) is 31.6 Å². The average Bonchev–Trinajstić information content (AvgIpc) is 3.71. The predicted molar refractivity (Wildman–Crippen MR) is 358 cm³/mol. The van der Waals surface area contributed by atoms with Crippen LogP contribution in [0, 0.1) is 17.8 Å². The van der Waals surface area contributed by atoms with E-state index in [2.05, 4.69) is 48.5 Å². The van der Waals surface area contributed by atoms with Crippen molar-refractivity contribution < 1.29 is 80.2 Å². The average molecular weight is 1310 g/mol. The van der Waals surface area contributed by atoms with Gasteiger partial charge in [-0.15, -0.1) is 0 Å². The monoisotopic (exact) mass is 1310 g/mol. The van der Waals surface area contributed by atoms with Crippen LogP contribution in [0.3, 0.4) is 0 Å². The van der Waals surface area contributed by atoms with E-state index in [1.165, 1.54) is 154 Å². The van der Waals surface area contributed by atoms with Crippen molar-refractivity contribution in [2.24, 2.45) is 17.8 Å². The van der Waals surface area contributed by atoms with Gasteiger partial charge in [-0.2, -0.15) is 0 Å². The lowest BCUT2D eigenvalue weighted by Gasteiger charge is -2.21. The number of phosphoric acid groups is 2. The van der Waals surface area contributed by atoms with Crippen LogP contribution >= 0.6 is 15.6 Å². The first-order valence-electron chi connectivity index (χ1n) is 36.4. The summed E-state index contributed by atoms with van der Waals surface area (Å²) in [7, 11) is -9.90. The molecular weight excluding hydrogens is 1170 g/mol. The SMILES string of the molecule is CCCCCCCCCCCCC(=O)OC[C@H](COP(=O)(O)OC[C@H](O)COP(=O)(O)OC[C@@H](COC(=O)CCCCCCCCCC(C)C)OC(=O)CCCCCCCCCCCCCCCCCCC(C)C)OC(=O)CCCCCCCCC(C)CC. The summed E-state index contributed by atoms with van der Waals surface area (Å²) in [6.45, 7) is 11.8. The Kier molecular flexibility index (Phi) is 59.6. The molecule has 0 aliphatic rings. The van der Waals surface area contributed by atoms with Crippen LogP contribution in [0.4, 0.5) is 0 Å². The summed E-state index contributed by atoms with van der Waals surface area (Å²) in [4.78, 5) is 72.4. The first-order chi connectivity index (χ1) is 42.8. The highest BCUT2D eigenvalue weighted by Crippen LogP contribution is 2.45. The third-order valence-electron chi connectivity index (χ3n) is 16.5. The van der Waals surface area contributed by atoms with Crippen LogP contribution in [0.25, 0.3) is 0 Å². The highest BCUT2D eigenvalue weighted by molar-refractivity contribution is 7.47. The van der Waals surface area contributed by atoms with Crippen LogP contribution < -0.4 is 0 Å². The fraction of sp³-hybridized carbons (Fsp3) is 0.943. The molecule has 0 radical (unpaired) electrons. The molecule has 0 saturated carbocycles. The van der Waals surface area contributed by atoms with Gasteiger partial charge in [0.15, 0.2) is 12.2 Å². The van der Waals surface area contributed by atoms with Crippen molar-refractivity contribution in [3.8, 4) is 0 Å². The van der Waals surface area contributed by atoms with Crippen molar-refractivity contribution in [3.05, 3.63) is 0 Å². The molecule has 0 rings (SSSR count). The molecular formula is C70H136O17P2. The number of phosphoric ester groups is 2. The van der Waals surface area contributed by atoms with Gasteiger partial charge < -0.3 is 33.8 Å². The number of hydrogen-bond donors (Lipinski definition) is 3. The molecule has 19 heteroatoms. The van der Waals surface area contributed by atoms with Crippen LogP contribution in [-0.2, 0) is 65.4 Å². The lowest BCUT2D eigenvalue weighted by Crippen LogP contribution is -2.30. The zero-order valence-corrected chi connectivity index (χ0v) is 59.7. The van der Waals surface area contributed by atoms with Gasteiger partial charge in [0.2, 0.25) is 0 Å². The zero-order valence-electron chi connectivity index (χ0n) is 57.9. The van der Waals surface area contributed by atoms with E-state index in [4.69, 9.17) is 37.0 Å². The summed E-state index contributed by atoms with van der Waals surface area (Å²) in [5, 5.41) is 10.6. The van der Waals surface area contributed by atoms with Crippen LogP contribution in [-0.4, -0.2) is 96.7 Å². The third kappa shape index (κ3) is 63.2. The quantitative estimate of drug-likeness (QED) is 0.0222. The van der Waals surface area contributed by atoms with E-state index in [0.717, 1.165) is 108 Å². The normalized spacial score (nSPS) is 14.5. The minimum absolute atomic E-state index is 0.103. The standard InChI is InChI=1S/C70H136O17P2/c1-8-10-11-12-13-14-24-29-37-44-51-67(72)80-58-66(87-70(75)54-47-40-33-32-36-43-50-63(7)9-2)60-85-89(78,79)83-56-64(71)55-82-88(76,77)84-59-65(57-81-68(73)52-45-38-31-26-28-35-42-49-62(5)6)86-69(74)53-46-39-30-25-22-20-18-16-15-17-19-21-23-27-34-41-48-61(3)4/h61-66,71H,8-60H2,1-7H3,(H,76,77)(H,78,79)/t63?,64-,65-,66-/m1/s1. The molecule has 528 valence electrons. The topological polar surface area (TPSA) is 237 Å². The van der Waals surface area contributed by atoms with Crippen molar-refractivity contribution >= 4 is 39.5 Å². The van der Waals surface area contributed by atoms with E-state index < -0.39 is 97.5 Å². The van der Waals surface area contributed by atoms with Gasteiger partial charge in [-0.05, 0) is 43.4 Å². The van der Waals surface area contributed by atoms with Crippen LogP contribution in [0.1, 0.15) is 350 Å². The Morgan fingerprint density at radius 1 is 0.326 bits per heavy atom. The smallest absolute Gasteiger partial charge is 0.462 e. The Morgan fingerprint density at radius 3 is 0.854 bits per heavy atom. The molecule has 0 heterocycles. The summed E-state index contributed by atoms with van der Waals surface area (Å²) in [5.74, 6) is 0.104. The Morgan fingerprint density at radius 2 is 0.573 bits per heavy atom. The van der Waals surface area contributed by atoms with Gasteiger partial charge in [-0.1, -0.05) is 299 Å². The highest BCUT2D eigenvalue weighted by atomic mass is 31.2. The van der Waals surface area contributed by atoms with E-state index in [1.54, 1.807) is 0 Å². The van der Waals surface area contributed by atoms with Crippen molar-refractivity contribution in [1.29, 1.82) is 0 Å². The van der Waals surface area contributed by atoms with Crippen molar-refractivity contribution in [1.82, 2.24) is 0 Å². The number of carbonyl (C=O) groups is 4. The summed E-state index contributed by atoms with van der Waals surface area (Å²) in [5.41, 5.74) is 0. The molecule has 0 aliphatic carbocycles. The Labute approximate surface area is 543 Å². The first-order valence-corrected chi connectivity index (χ1v) is 39.4. The maximum absolute atomic E-state index is 13.0. The molecule has 0 aromatic heterocycles. The number of unbranched alkanes of at least 4 members (excludes halogenated alkanes) is 35. The molecule has 3 unspecified atom stereocenters. The first kappa shape index (κ1) is 87.1. The van der Waals surface area contributed by atoms with Crippen molar-refractivity contribution in [3.63, 3.8) is 0 Å². The van der Waals surface area contributed by atoms with Crippen LogP contribution in [0.5, 0.6) is 0 Å². The van der Waals surface area contributed by atoms with Gasteiger partial charge in [0.05, 0.1) is 26.4 Å². The summed E-state index contributed by atoms with van der Waals surface area (Å²) >= 11 is 0. The van der Waals surface area contributed by atoms with Crippen molar-refractivity contribution in [2.45, 2.75) is 369 Å².